The van der Waals surface area contributed by atoms with E-state index in [0.717, 1.165) is 0 Å². The molecule has 1 aliphatic rings. The molecular formula is C22H50N4. The quantitative estimate of drug-likeness (QED) is 0.517. The first kappa shape index (κ1) is 25.8. The molecule has 0 saturated carbocycles. The second-order valence-corrected chi connectivity index (χ2v) is 7.84. The van der Waals surface area contributed by atoms with E-state index in [0.29, 0.717) is 12.1 Å². The SMILES string of the molecule is CC.CCN(CCCN1CCN(CCCN(CC)C(C)C)CC1)C(C)C. The van der Waals surface area contributed by atoms with Crippen LogP contribution >= 0.6 is 0 Å². The van der Waals surface area contributed by atoms with Crippen molar-refractivity contribution in [2.45, 2.75) is 80.3 Å². The zero-order valence-corrected chi connectivity index (χ0v) is 19.4. The van der Waals surface area contributed by atoms with E-state index >= 15 is 0 Å². The summed E-state index contributed by atoms with van der Waals surface area (Å²) in [5, 5.41) is 0. The van der Waals surface area contributed by atoms with Crippen LogP contribution in [0.4, 0.5) is 0 Å². The van der Waals surface area contributed by atoms with E-state index in [4.69, 9.17) is 0 Å². The first-order valence-electron chi connectivity index (χ1n) is 11.4. The second-order valence-electron chi connectivity index (χ2n) is 7.84. The third-order valence-electron chi connectivity index (χ3n) is 5.58. The molecule has 0 atom stereocenters. The van der Waals surface area contributed by atoms with Crippen molar-refractivity contribution < 1.29 is 0 Å². The number of hydrogen-bond donors (Lipinski definition) is 0. The zero-order valence-electron chi connectivity index (χ0n) is 19.4. The lowest BCUT2D eigenvalue weighted by atomic mass is 10.2. The molecule has 0 aliphatic carbocycles. The third-order valence-corrected chi connectivity index (χ3v) is 5.58. The van der Waals surface area contributed by atoms with Crippen molar-refractivity contribution in [2.75, 3.05) is 65.4 Å². The molecule has 0 aromatic rings. The third kappa shape index (κ3) is 10.9. The van der Waals surface area contributed by atoms with Crippen LogP contribution in [0, 0.1) is 0 Å². The van der Waals surface area contributed by atoms with Gasteiger partial charge in [-0.25, -0.2) is 0 Å². The van der Waals surface area contributed by atoms with E-state index in [-0.39, 0.29) is 0 Å². The van der Waals surface area contributed by atoms with Gasteiger partial charge >= 0.3 is 0 Å². The fraction of sp³-hybridized carbons (Fsp3) is 1.00. The van der Waals surface area contributed by atoms with Crippen molar-refractivity contribution in [3.05, 3.63) is 0 Å². The molecule has 0 amide bonds. The fourth-order valence-corrected chi connectivity index (χ4v) is 3.79. The lowest BCUT2D eigenvalue weighted by Crippen LogP contribution is -2.47. The molecule has 1 aliphatic heterocycles. The minimum atomic E-state index is 0.681. The van der Waals surface area contributed by atoms with Crippen LogP contribution in [0.3, 0.4) is 0 Å². The first-order chi connectivity index (χ1) is 12.5. The number of rotatable bonds is 12. The van der Waals surface area contributed by atoms with Gasteiger partial charge in [0.25, 0.3) is 0 Å². The minimum absolute atomic E-state index is 0.681. The Morgan fingerprint density at radius 1 is 0.654 bits per heavy atom. The van der Waals surface area contributed by atoms with E-state index in [1.807, 2.05) is 13.8 Å². The molecular weight excluding hydrogens is 320 g/mol. The summed E-state index contributed by atoms with van der Waals surface area (Å²) in [4.78, 5) is 10.5. The molecule has 1 heterocycles. The van der Waals surface area contributed by atoms with Crippen LogP contribution in [0.2, 0.25) is 0 Å². The molecule has 1 fully saturated rings. The monoisotopic (exact) mass is 370 g/mol. The van der Waals surface area contributed by atoms with E-state index in [2.05, 4.69) is 61.1 Å². The molecule has 1 rings (SSSR count). The lowest BCUT2D eigenvalue weighted by Gasteiger charge is -2.36. The standard InChI is InChI=1S/C20H44N4.C2H6/c1-7-23(19(3)4)13-9-11-21-15-17-22(18-16-21)12-10-14-24(8-2)20(5)6;1-2/h19-20H,7-18H2,1-6H3;1-2H3. The van der Waals surface area contributed by atoms with Crippen LogP contribution in [-0.2, 0) is 0 Å². The van der Waals surface area contributed by atoms with Gasteiger partial charge < -0.3 is 19.6 Å². The average Bonchev–Trinajstić information content (AvgIpc) is 2.64. The molecule has 4 heteroatoms. The topological polar surface area (TPSA) is 13.0 Å². The molecule has 0 bridgehead atoms. The highest BCUT2D eigenvalue weighted by molar-refractivity contribution is 4.73. The Kier molecular flexibility index (Phi) is 15.8. The highest BCUT2D eigenvalue weighted by Crippen LogP contribution is 2.06. The van der Waals surface area contributed by atoms with Crippen LogP contribution in [-0.4, -0.2) is 97.1 Å². The summed E-state index contributed by atoms with van der Waals surface area (Å²) in [6.07, 6.45) is 2.62. The summed E-state index contributed by atoms with van der Waals surface area (Å²) in [7, 11) is 0. The van der Waals surface area contributed by atoms with Crippen LogP contribution in [0.25, 0.3) is 0 Å². The molecule has 0 aromatic carbocycles. The van der Waals surface area contributed by atoms with Crippen LogP contribution < -0.4 is 0 Å². The molecule has 1 saturated heterocycles. The Bertz CT molecular complexity index is 269. The van der Waals surface area contributed by atoms with Gasteiger partial charge in [0.05, 0.1) is 0 Å². The van der Waals surface area contributed by atoms with Gasteiger partial charge in [0, 0.05) is 38.3 Å². The summed E-state index contributed by atoms with van der Waals surface area (Å²) >= 11 is 0. The highest BCUT2D eigenvalue weighted by atomic mass is 15.3. The van der Waals surface area contributed by atoms with Crippen molar-refractivity contribution in [3.63, 3.8) is 0 Å². The van der Waals surface area contributed by atoms with Gasteiger partial charge in [-0.05, 0) is 79.8 Å². The van der Waals surface area contributed by atoms with Gasteiger partial charge in [0.1, 0.15) is 0 Å². The first-order valence-corrected chi connectivity index (χ1v) is 11.4. The summed E-state index contributed by atoms with van der Waals surface area (Å²) < 4.78 is 0. The number of nitrogens with zero attached hydrogens (tertiary/aromatic N) is 4. The predicted molar refractivity (Wildman–Crippen MR) is 118 cm³/mol. The fourth-order valence-electron chi connectivity index (χ4n) is 3.79. The maximum atomic E-state index is 2.66. The van der Waals surface area contributed by atoms with E-state index in [1.165, 1.54) is 78.3 Å². The van der Waals surface area contributed by atoms with Gasteiger partial charge in [-0.2, -0.15) is 0 Å². The van der Waals surface area contributed by atoms with Crippen molar-refractivity contribution in [2.24, 2.45) is 0 Å². The van der Waals surface area contributed by atoms with E-state index in [9.17, 15) is 0 Å². The second kappa shape index (κ2) is 15.9. The Hall–Kier alpha value is -0.160. The largest absolute Gasteiger partial charge is 0.301 e. The maximum Gasteiger partial charge on any atom is 0.0110 e. The zero-order chi connectivity index (χ0) is 19.9. The predicted octanol–water partition coefficient (Wildman–Crippen LogP) is 3.87. The van der Waals surface area contributed by atoms with Crippen molar-refractivity contribution >= 4 is 0 Å². The van der Waals surface area contributed by atoms with Crippen LogP contribution in [0.5, 0.6) is 0 Å². The Morgan fingerprint density at radius 2 is 0.962 bits per heavy atom. The van der Waals surface area contributed by atoms with Gasteiger partial charge in [-0.1, -0.05) is 27.7 Å². The maximum absolute atomic E-state index is 2.66. The molecule has 0 spiro atoms. The summed E-state index contributed by atoms with van der Waals surface area (Å²) in [5.74, 6) is 0. The number of hydrogen-bond acceptors (Lipinski definition) is 4. The Balaban J connectivity index is 0.00000301. The van der Waals surface area contributed by atoms with E-state index < -0.39 is 0 Å². The molecule has 26 heavy (non-hydrogen) atoms. The van der Waals surface area contributed by atoms with Gasteiger partial charge in [-0.15, -0.1) is 0 Å². The molecule has 0 N–H and O–H groups in total. The summed E-state index contributed by atoms with van der Waals surface area (Å²) in [6.45, 7) is 30.2. The molecule has 158 valence electrons. The van der Waals surface area contributed by atoms with Crippen molar-refractivity contribution in [1.29, 1.82) is 0 Å². The normalized spacial score (nSPS) is 16.6. The molecule has 0 radical (unpaired) electrons. The van der Waals surface area contributed by atoms with Crippen molar-refractivity contribution in [3.8, 4) is 0 Å². The Morgan fingerprint density at radius 3 is 1.19 bits per heavy atom. The van der Waals surface area contributed by atoms with Gasteiger partial charge in [-0.3, -0.25) is 0 Å². The van der Waals surface area contributed by atoms with Crippen LogP contribution in [0.1, 0.15) is 68.2 Å². The Labute approximate surface area is 165 Å². The van der Waals surface area contributed by atoms with E-state index in [1.54, 1.807) is 0 Å². The average molecular weight is 371 g/mol. The summed E-state index contributed by atoms with van der Waals surface area (Å²) in [5.41, 5.74) is 0. The summed E-state index contributed by atoms with van der Waals surface area (Å²) in [6, 6.07) is 1.36. The molecule has 0 aromatic heterocycles. The number of piperazine rings is 1. The van der Waals surface area contributed by atoms with Crippen LogP contribution in [0.15, 0.2) is 0 Å². The highest BCUT2D eigenvalue weighted by Gasteiger charge is 2.17. The van der Waals surface area contributed by atoms with Gasteiger partial charge in [0.2, 0.25) is 0 Å². The van der Waals surface area contributed by atoms with Gasteiger partial charge in [0.15, 0.2) is 0 Å². The van der Waals surface area contributed by atoms with Crippen molar-refractivity contribution in [1.82, 2.24) is 19.6 Å². The molecule has 0 unspecified atom stereocenters. The molecule has 4 nitrogen and oxygen atoms in total. The minimum Gasteiger partial charge on any atom is -0.301 e. The lowest BCUT2D eigenvalue weighted by molar-refractivity contribution is 0.118. The smallest absolute Gasteiger partial charge is 0.0110 e.